The summed E-state index contributed by atoms with van der Waals surface area (Å²) in [7, 11) is 0. The van der Waals surface area contributed by atoms with E-state index >= 15 is 0 Å². The summed E-state index contributed by atoms with van der Waals surface area (Å²) in [5.74, 6) is 9.51. The van der Waals surface area contributed by atoms with Gasteiger partial charge in [-0.15, -0.1) is 0 Å². The van der Waals surface area contributed by atoms with Crippen LogP contribution in [-0.2, 0) is 0 Å². The van der Waals surface area contributed by atoms with Gasteiger partial charge in [-0.2, -0.15) is 0 Å². The monoisotopic (exact) mass is 430 g/mol. The van der Waals surface area contributed by atoms with Crippen LogP contribution in [0.2, 0.25) is 0 Å². The van der Waals surface area contributed by atoms with E-state index in [4.69, 9.17) is 4.74 Å². The first-order valence-corrected chi connectivity index (χ1v) is 13.1. The first-order valence-electron chi connectivity index (χ1n) is 13.1. The molecule has 1 saturated carbocycles. The molecule has 0 radical (unpaired) electrons. The minimum Gasteiger partial charge on any atom is -0.494 e. The van der Waals surface area contributed by atoms with Gasteiger partial charge in [0.25, 0.3) is 0 Å². The second kappa shape index (κ2) is 14.1. The van der Waals surface area contributed by atoms with E-state index in [0.29, 0.717) is 5.92 Å². The predicted octanol–water partition coefficient (Wildman–Crippen LogP) is 9.05. The summed E-state index contributed by atoms with van der Waals surface area (Å²) in [4.78, 5) is 0. The lowest BCUT2D eigenvalue weighted by atomic mass is 9.80. The lowest BCUT2D eigenvalue weighted by molar-refractivity contribution is 0.294. The zero-order valence-corrected chi connectivity index (χ0v) is 20.4. The Morgan fingerprint density at radius 2 is 1.34 bits per heavy atom. The number of hydrogen-bond acceptors (Lipinski definition) is 1. The summed E-state index contributed by atoms with van der Waals surface area (Å²) in [6.07, 6.45) is 15.8. The zero-order valence-electron chi connectivity index (χ0n) is 20.4. The smallest absolute Gasteiger partial charge is 0.119 e. The van der Waals surface area contributed by atoms with Gasteiger partial charge < -0.3 is 4.74 Å². The third-order valence-electron chi connectivity index (χ3n) is 6.82. The van der Waals surface area contributed by atoms with E-state index in [0.717, 1.165) is 30.3 Å². The minimum absolute atomic E-state index is 0.589. The van der Waals surface area contributed by atoms with Gasteiger partial charge in [0.2, 0.25) is 0 Å². The predicted molar refractivity (Wildman–Crippen MR) is 138 cm³/mol. The Bertz CT molecular complexity index is 814. The lowest BCUT2D eigenvalue weighted by Crippen LogP contribution is -2.13. The van der Waals surface area contributed by atoms with Crippen molar-refractivity contribution in [3.05, 3.63) is 54.1 Å². The Balaban J connectivity index is 1.44. The Kier molecular flexibility index (Phi) is 10.7. The second-order valence-electron chi connectivity index (χ2n) is 9.49. The molecule has 1 aliphatic rings. The van der Waals surface area contributed by atoms with Crippen LogP contribution >= 0.6 is 0 Å². The molecule has 0 bridgehead atoms. The molecule has 1 fully saturated rings. The zero-order chi connectivity index (χ0) is 22.4. The van der Waals surface area contributed by atoms with Crippen molar-refractivity contribution in [1.29, 1.82) is 0 Å². The van der Waals surface area contributed by atoms with Gasteiger partial charge in [-0.25, -0.2) is 0 Å². The van der Waals surface area contributed by atoms with Gasteiger partial charge in [-0.05, 0) is 73.4 Å². The van der Waals surface area contributed by atoms with Crippen molar-refractivity contribution in [2.24, 2.45) is 11.8 Å². The first kappa shape index (κ1) is 24.4. The summed E-state index contributed by atoms with van der Waals surface area (Å²) in [6.45, 7) is 5.34. The van der Waals surface area contributed by atoms with E-state index in [9.17, 15) is 0 Å². The van der Waals surface area contributed by atoms with Gasteiger partial charge in [0.05, 0.1) is 6.61 Å². The van der Waals surface area contributed by atoms with Crippen molar-refractivity contribution in [3.8, 4) is 28.7 Å². The maximum atomic E-state index is 5.86. The number of hydrogen-bond donors (Lipinski definition) is 0. The van der Waals surface area contributed by atoms with Gasteiger partial charge in [-0.1, -0.05) is 94.9 Å². The Hall–Kier alpha value is -2.20. The highest BCUT2D eigenvalue weighted by molar-refractivity contribution is 5.65. The first-order chi connectivity index (χ1) is 15.8. The molecule has 1 aliphatic carbocycles. The third kappa shape index (κ3) is 8.38. The highest BCUT2D eigenvalue weighted by Crippen LogP contribution is 2.31. The van der Waals surface area contributed by atoms with Crippen molar-refractivity contribution in [1.82, 2.24) is 0 Å². The highest BCUT2D eigenvalue weighted by atomic mass is 16.5. The number of ether oxygens (including phenoxy) is 1. The van der Waals surface area contributed by atoms with Crippen LogP contribution in [0.15, 0.2) is 48.5 Å². The molecule has 0 spiro atoms. The van der Waals surface area contributed by atoms with E-state index in [1.807, 2.05) is 0 Å². The lowest BCUT2D eigenvalue weighted by Gasteiger charge is -2.25. The molecule has 0 heterocycles. The van der Waals surface area contributed by atoms with Crippen LogP contribution < -0.4 is 4.74 Å². The Morgan fingerprint density at radius 3 is 2.00 bits per heavy atom. The van der Waals surface area contributed by atoms with Crippen molar-refractivity contribution in [2.45, 2.75) is 90.9 Å². The summed E-state index contributed by atoms with van der Waals surface area (Å²) in [6, 6.07) is 17.2. The van der Waals surface area contributed by atoms with E-state index in [1.165, 1.54) is 81.8 Å². The molecule has 0 aliphatic heterocycles. The normalized spacial score (nSPS) is 18.1. The molecule has 1 heteroatoms. The van der Waals surface area contributed by atoms with E-state index in [2.05, 4.69) is 74.2 Å². The van der Waals surface area contributed by atoms with Crippen LogP contribution in [0.5, 0.6) is 5.75 Å². The Labute approximate surface area is 197 Å². The van der Waals surface area contributed by atoms with Crippen molar-refractivity contribution >= 4 is 0 Å². The molecular formula is C31H42O. The van der Waals surface area contributed by atoms with E-state index < -0.39 is 0 Å². The summed E-state index contributed by atoms with van der Waals surface area (Å²) >= 11 is 0. The second-order valence-corrected chi connectivity index (χ2v) is 9.49. The minimum atomic E-state index is 0.589. The highest BCUT2D eigenvalue weighted by Gasteiger charge is 2.19. The maximum absolute atomic E-state index is 5.86. The van der Waals surface area contributed by atoms with Gasteiger partial charge in [0.1, 0.15) is 5.75 Å². The topological polar surface area (TPSA) is 9.23 Å². The molecule has 0 amide bonds. The molecule has 1 nitrogen and oxygen atoms in total. The molecule has 0 unspecified atom stereocenters. The molecule has 0 atom stereocenters. The molecular weight excluding hydrogens is 388 g/mol. The van der Waals surface area contributed by atoms with E-state index in [1.54, 1.807) is 0 Å². The Morgan fingerprint density at radius 1 is 0.719 bits per heavy atom. The average molecular weight is 431 g/mol. The summed E-state index contributed by atoms with van der Waals surface area (Å²) in [5, 5.41) is 0. The molecule has 0 N–H and O–H groups in total. The fourth-order valence-corrected chi connectivity index (χ4v) is 4.67. The van der Waals surface area contributed by atoms with Gasteiger partial charge >= 0.3 is 0 Å². The van der Waals surface area contributed by atoms with Crippen LogP contribution in [0.4, 0.5) is 0 Å². The SMILES string of the molecule is CCCCCCOc1ccc(-c2ccc(C#C[C@H]3CC[C@H](CCCCC)CC3)cc2)cc1. The largest absolute Gasteiger partial charge is 0.494 e. The fourth-order valence-electron chi connectivity index (χ4n) is 4.67. The quantitative estimate of drug-likeness (QED) is 0.255. The summed E-state index contributed by atoms with van der Waals surface area (Å²) in [5.41, 5.74) is 3.59. The molecule has 0 saturated heterocycles. The number of benzene rings is 2. The molecule has 3 rings (SSSR count). The van der Waals surface area contributed by atoms with E-state index in [-0.39, 0.29) is 0 Å². The third-order valence-corrected chi connectivity index (χ3v) is 6.82. The maximum Gasteiger partial charge on any atom is 0.119 e. The number of rotatable bonds is 11. The van der Waals surface area contributed by atoms with Crippen LogP contribution in [0.25, 0.3) is 11.1 Å². The summed E-state index contributed by atoms with van der Waals surface area (Å²) < 4.78 is 5.86. The van der Waals surface area contributed by atoms with Crippen molar-refractivity contribution < 1.29 is 4.74 Å². The molecule has 0 aromatic heterocycles. The molecule has 32 heavy (non-hydrogen) atoms. The average Bonchev–Trinajstić information content (AvgIpc) is 2.84. The van der Waals surface area contributed by atoms with Crippen LogP contribution in [0.1, 0.15) is 96.5 Å². The van der Waals surface area contributed by atoms with Crippen molar-refractivity contribution in [3.63, 3.8) is 0 Å². The van der Waals surface area contributed by atoms with Crippen LogP contribution in [0.3, 0.4) is 0 Å². The van der Waals surface area contributed by atoms with Gasteiger partial charge in [-0.3, -0.25) is 0 Å². The van der Waals surface area contributed by atoms with Gasteiger partial charge in [0, 0.05) is 11.5 Å². The van der Waals surface area contributed by atoms with Gasteiger partial charge in [0.15, 0.2) is 0 Å². The fraction of sp³-hybridized carbons (Fsp3) is 0.548. The standard InChI is InChI=1S/C31H42O/c1-3-5-7-9-25-32-31-23-21-30(22-24-31)29-19-17-28(18-20-29)16-15-27-13-11-26(12-14-27)10-8-6-4-2/h17-24,26-27H,3-14,25H2,1-2H3/t26-,27-. The molecule has 2 aromatic rings. The van der Waals surface area contributed by atoms with Crippen LogP contribution in [-0.4, -0.2) is 6.61 Å². The van der Waals surface area contributed by atoms with Crippen molar-refractivity contribution in [2.75, 3.05) is 6.61 Å². The molecule has 172 valence electrons. The number of unbranched alkanes of at least 4 members (excludes halogenated alkanes) is 5. The molecule has 2 aromatic carbocycles. The van der Waals surface area contributed by atoms with Crippen LogP contribution in [0, 0.1) is 23.7 Å².